The number of benzene rings is 1. The van der Waals surface area contributed by atoms with Crippen LogP contribution in [0.4, 0.5) is 10.6 Å². The molecule has 1 fully saturated rings. The van der Waals surface area contributed by atoms with Crippen LogP contribution in [-0.2, 0) is 5.41 Å². The summed E-state index contributed by atoms with van der Waals surface area (Å²) in [6.07, 6.45) is 6.85. The zero-order valence-electron chi connectivity index (χ0n) is 20.7. The number of nitrogens with one attached hydrogen (secondary N) is 3. The molecule has 3 aromatic heterocycles. The summed E-state index contributed by atoms with van der Waals surface area (Å²) in [4.78, 5) is 20.3. The number of hydrogen-bond acceptors (Lipinski definition) is 4. The summed E-state index contributed by atoms with van der Waals surface area (Å²) in [5, 5.41) is 12.3. The summed E-state index contributed by atoms with van der Waals surface area (Å²) in [5.41, 5.74) is 2.38. The zero-order valence-corrected chi connectivity index (χ0v) is 21.5. The SMILES string of the molecule is CC(C)(C)c1cc(NC(=O)NC2CCC(Oc3ccnc4[nH]cc(Cl)c34)CC2)n(-c2ccccc2)n1. The van der Waals surface area contributed by atoms with Crippen molar-refractivity contribution >= 4 is 34.5 Å². The monoisotopic (exact) mass is 506 g/mol. The van der Waals surface area contributed by atoms with Gasteiger partial charge in [0.2, 0.25) is 0 Å². The number of halogens is 1. The van der Waals surface area contributed by atoms with Crippen molar-refractivity contribution in [3.63, 3.8) is 0 Å². The molecule has 5 rings (SSSR count). The van der Waals surface area contributed by atoms with E-state index < -0.39 is 0 Å². The number of aromatic amines is 1. The van der Waals surface area contributed by atoms with Crippen molar-refractivity contribution in [3.8, 4) is 11.4 Å². The van der Waals surface area contributed by atoms with E-state index in [1.165, 1.54) is 0 Å². The molecule has 3 N–H and O–H groups in total. The fourth-order valence-corrected chi connectivity index (χ4v) is 4.77. The quantitative estimate of drug-likeness (QED) is 0.299. The molecule has 0 aliphatic heterocycles. The number of H-pyrrole nitrogens is 1. The van der Waals surface area contributed by atoms with Crippen LogP contribution in [0.15, 0.2) is 54.9 Å². The van der Waals surface area contributed by atoms with Gasteiger partial charge in [-0.1, -0.05) is 50.6 Å². The van der Waals surface area contributed by atoms with Crippen LogP contribution in [0, 0.1) is 0 Å². The van der Waals surface area contributed by atoms with Crippen LogP contribution in [0.2, 0.25) is 5.02 Å². The van der Waals surface area contributed by atoms with Crippen LogP contribution in [0.5, 0.6) is 5.75 Å². The van der Waals surface area contributed by atoms with Gasteiger partial charge in [-0.2, -0.15) is 5.10 Å². The number of ether oxygens (including phenoxy) is 1. The van der Waals surface area contributed by atoms with Crippen molar-refractivity contribution < 1.29 is 9.53 Å². The van der Waals surface area contributed by atoms with E-state index in [4.69, 9.17) is 21.4 Å². The van der Waals surface area contributed by atoms with E-state index in [0.29, 0.717) is 16.5 Å². The van der Waals surface area contributed by atoms with Gasteiger partial charge in [0.05, 0.1) is 27.9 Å². The number of urea groups is 1. The first-order chi connectivity index (χ1) is 17.3. The molecule has 3 heterocycles. The van der Waals surface area contributed by atoms with Crippen molar-refractivity contribution in [3.05, 3.63) is 65.6 Å². The molecule has 1 saturated carbocycles. The third kappa shape index (κ3) is 5.18. The third-order valence-electron chi connectivity index (χ3n) is 6.51. The van der Waals surface area contributed by atoms with Crippen LogP contribution in [0.25, 0.3) is 16.7 Å². The minimum absolute atomic E-state index is 0.0662. The van der Waals surface area contributed by atoms with Gasteiger partial charge >= 0.3 is 6.03 Å². The van der Waals surface area contributed by atoms with Crippen molar-refractivity contribution in [1.82, 2.24) is 25.1 Å². The van der Waals surface area contributed by atoms with Crippen molar-refractivity contribution in [2.45, 2.75) is 64.0 Å². The second-order valence-electron chi connectivity index (χ2n) is 10.3. The van der Waals surface area contributed by atoms with Crippen molar-refractivity contribution in [2.24, 2.45) is 0 Å². The molecule has 8 nitrogen and oxygen atoms in total. The minimum Gasteiger partial charge on any atom is -0.490 e. The van der Waals surface area contributed by atoms with Crippen LogP contribution in [0.3, 0.4) is 0 Å². The summed E-state index contributed by atoms with van der Waals surface area (Å²) < 4.78 is 8.06. The first kappa shape index (κ1) is 24.2. The molecule has 4 aromatic rings. The van der Waals surface area contributed by atoms with Crippen LogP contribution >= 0.6 is 11.6 Å². The number of amides is 2. The molecule has 9 heteroatoms. The Morgan fingerprint density at radius 2 is 1.89 bits per heavy atom. The van der Waals surface area contributed by atoms with Gasteiger partial charge in [0, 0.05) is 29.9 Å². The highest BCUT2D eigenvalue weighted by Gasteiger charge is 2.26. The smallest absolute Gasteiger partial charge is 0.320 e. The Bertz CT molecular complexity index is 1350. The Kier molecular flexibility index (Phi) is 6.62. The average Bonchev–Trinajstić information content (AvgIpc) is 3.45. The van der Waals surface area contributed by atoms with Gasteiger partial charge in [-0.3, -0.25) is 5.32 Å². The normalized spacial score (nSPS) is 18.2. The predicted molar refractivity (Wildman–Crippen MR) is 142 cm³/mol. The topological polar surface area (TPSA) is 96.9 Å². The minimum atomic E-state index is -0.230. The fourth-order valence-electron chi connectivity index (χ4n) is 4.53. The molecule has 1 aromatic carbocycles. The Hall–Kier alpha value is -3.52. The molecule has 2 amide bonds. The van der Waals surface area contributed by atoms with Crippen LogP contribution in [0.1, 0.15) is 52.1 Å². The largest absolute Gasteiger partial charge is 0.490 e. The number of hydrogen-bond donors (Lipinski definition) is 3. The third-order valence-corrected chi connectivity index (χ3v) is 6.81. The first-order valence-electron chi connectivity index (χ1n) is 12.3. The molecule has 0 unspecified atom stereocenters. The molecule has 188 valence electrons. The molecule has 0 radical (unpaired) electrons. The maximum atomic E-state index is 12.9. The summed E-state index contributed by atoms with van der Waals surface area (Å²) in [6.45, 7) is 6.32. The number of fused-ring (bicyclic) bond motifs is 1. The van der Waals surface area contributed by atoms with Crippen LogP contribution < -0.4 is 15.4 Å². The van der Waals surface area contributed by atoms with Gasteiger partial charge in [-0.25, -0.2) is 14.5 Å². The molecule has 0 bridgehead atoms. The summed E-state index contributed by atoms with van der Waals surface area (Å²) in [6, 6.07) is 13.5. The lowest BCUT2D eigenvalue weighted by Crippen LogP contribution is -2.42. The van der Waals surface area contributed by atoms with Gasteiger partial charge in [0.15, 0.2) is 0 Å². The lowest BCUT2D eigenvalue weighted by molar-refractivity contribution is 0.143. The Labute approximate surface area is 215 Å². The number of para-hydroxylation sites is 1. The van der Waals surface area contributed by atoms with E-state index in [2.05, 4.69) is 41.4 Å². The van der Waals surface area contributed by atoms with E-state index in [0.717, 1.165) is 48.2 Å². The molecule has 1 aliphatic rings. The van der Waals surface area contributed by atoms with E-state index in [1.807, 2.05) is 42.5 Å². The number of rotatable bonds is 5. The Morgan fingerprint density at radius 1 is 1.14 bits per heavy atom. The van der Waals surface area contributed by atoms with E-state index in [1.54, 1.807) is 17.1 Å². The number of carbonyl (C=O) groups excluding carboxylic acids is 1. The number of anilines is 1. The highest BCUT2D eigenvalue weighted by Crippen LogP contribution is 2.33. The van der Waals surface area contributed by atoms with Gasteiger partial charge in [0.1, 0.15) is 17.2 Å². The van der Waals surface area contributed by atoms with Gasteiger partial charge in [-0.15, -0.1) is 0 Å². The van der Waals surface area contributed by atoms with E-state index >= 15 is 0 Å². The lowest BCUT2D eigenvalue weighted by Gasteiger charge is -2.29. The van der Waals surface area contributed by atoms with Gasteiger partial charge < -0.3 is 15.0 Å². The highest BCUT2D eigenvalue weighted by atomic mass is 35.5. The summed E-state index contributed by atoms with van der Waals surface area (Å²) in [7, 11) is 0. The summed E-state index contributed by atoms with van der Waals surface area (Å²) in [5.74, 6) is 1.38. The maximum absolute atomic E-state index is 12.9. The van der Waals surface area contributed by atoms with Gasteiger partial charge in [-0.05, 0) is 43.9 Å². The molecule has 36 heavy (non-hydrogen) atoms. The number of carbonyl (C=O) groups is 1. The molecular formula is C27H31ClN6O2. The Morgan fingerprint density at radius 3 is 2.61 bits per heavy atom. The molecule has 0 saturated heterocycles. The average molecular weight is 507 g/mol. The molecule has 0 atom stereocenters. The van der Waals surface area contributed by atoms with Crippen LogP contribution in [-0.4, -0.2) is 37.9 Å². The Balaban J connectivity index is 1.20. The van der Waals surface area contributed by atoms with Gasteiger partial charge in [0.25, 0.3) is 0 Å². The molecule has 1 aliphatic carbocycles. The standard InChI is InChI=1S/C27H31ClN6O2/c1-27(2,3)22-15-23(34(33-22)18-7-5-4-6-8-18)32-26(35)31-17-9-11-19(12-10-17)36-21-13-14-29-25-24(21)20(28)16-30-25/h4-8,13-17,19H,9-12H2,1-3H3,(H,29,30)(H2,31,32,35). The fraction of sp³-hybridized carbons (Fsp3) is 0.370. The zero-order chi connectivity index (χ0) is 25.3. The second-order valence-corrected chi connectivity index (χ2v) is 10.7. The van der Waals surface area contributed by atoms with Crippen molar-refractivity contribution in [1.29, 1.82) is 0 Å². The molecular weight excluding hydrogens is 476 g/mol. The number of nitrogens with zero attached hydrogens (tertiary/aromatic N) is 3. The lowest BCUT2D eigenvalue weighted by atomic mass is 9.92. The van der Waals surface area contributed by atoms with Crippen molar-refractivity contribution in [2.75, 3.05) is 5.32 Å². The second kappa shape index (κ2) is 9.85. The van der Waals surface area contributed by atoms with E-state index in [9.17, 15) is 4.79 Å². The molecule has 0 spiro atoms. The number of aromatic nitrogens is 4. The first-order valence-corrected chi connectivity index (χ1v) is 12.7. The highest BCUT2D eigenvalue weighted by molar-refractivity contribution is 6.35. The summed E-state index contributed by atoms with van der Waals surface area (Å²) >= 11 is 6.31. The van der Waals surface area contributed by atoms with E-state index in [-0.39, 0.29) is 23.6 Å². The maximum Gasteiger partial charge on any atom is 0.320 e. The predicted octanol–water partition coefficient (Wildman–Crippen LogP) is 6.21. The number of pyridine rings is 1.